The van der Waals surface area contributed by atoms with Crippen molar-refractivity contribution >= 4 is 0 Å². The number of rotatable bonds is 13. The molecule has 0 atom stereocenters. The summed E-state index contributed by atoms with van der Waals surface area (Å²) in [5, 5.41) is 12.3. The molecule has 1 aromatic heterocycles. The number of para-hydroxylation sites is 1. The van der Waals surface area contributed by atoms with E-state index in [1.807, 2.05) is 78.9 Å². The van der Waals surface area contributed by atoms with E-state index in [1.54, 1.807) is 28.4 Å². The summed E-state index contributed by atoms with van der Waals surface area (Å²) in [6, 6.07) is 24.4. The molecule has 0 aliphatic heterocycles. The van der Waals surface area contributed by atoms with Crippen molar-refractivity contribution in [2.24, 2.45) is 5.92 Å². The maximum Gasteiger partial charge on any atom is 0.173 e. The molecule has 0 radical (unpaired) electrons. The minimum absolute atomic E-state index is 0.432. The van der Waals surface area contributed by atoms with Gasteiger partial charge in [-0.25, -0.2) is 0 Å². The van der Waals surface area contributed by atoms with E-state index >= 15 is 0 Å². The maximum absolute atomic E-state index is 12.3. The molecule has 1 N–H and O–H groups in total. The monoisotopic (exact) mass is 545 g/mol. The third kappa shape index (κ3) is 6.27. The van der Waals surface area contributed by atoms with E-state index in [1.165, 1.54) is 0 Å². The quantitative estimate of drug-likeness (QED) is 0.213. The molecule has 1 heterocycles. The lowest BCUT2D eigenvalue weighted by atomic mass is 9.84. The second-order valence-corrected chi connectivity index (χ2v) is 10.1. The molecule has 0 spiro atoms. The minimum Gasteiger partial charge on any atom is -0.497 e. The van der Waals surface area contributed by atoms with Crippen molar-refractivity contribution in [1.82, 2.24) is 4.90 Å². The summed E-state index contributed by atoms with van der Waals surface area (Å²) in [6.45, 7) is 6.43. The molecule has 0 saturated heterocycles. The van der Waals surface area contributed by atoms with E-state index in [-0.39, 0.29) is 0 Å². The molecule has 7 nitrogen and oxygen atoms in total. The molecule has 7 heteroatoms. The zero-order chi connectivity index (χ0) is 28.7. The highest BCUT2D eigenvalue weighted by Gasteiger charge is 2.37. The lowest BCUT2D eigenvalue weighted by Crippen LogP contribution is -2.29. The lowest BCUT2D eigenvalue weighted by molar-refractivity contribution is 0.0947. The molecular weight excluding hydrogens is 506 g/mol. The fourth-order valence-electron chi connectivity index (χ4n) is 5.01. The van der Waals surface area contributed by atoms with Gasteiger partial charge in [-0.3, -0.25) is 4.90 Å². The fraction of sp³-hybridized carbons (Fsp3) is 0.333. The van der Waals surface area contributed by atoms with Gasteiger partial charge in [0.15, 0.2) is 17.1 Å². The minimum atomic E-state index is -1.52. The van der Waals surface area contributed by atoms with E-state index < -0.39 is 5.60 Å². The van der Waals surface area contributed by atoms with Crippen LogP contribution in [0.15, 0.2) is 83.3 Å². The predicted octanol–water partition coefficient (Wildman–Crippen LogP) is 6.26. The topological polar surface area (TPSA) is 73.5 Å². The first kappa shape index (κ1) is 29.1. The van der Waals surface area contributed by atoms with Crippen LogP contribution in [0.1, 0.15) is 42.1 Å². The normalized spacial score (nSPS) is 11.6. The Balaban J connectivity index is 1.68. The molecule has 4 aromatic rings. The lowest BCUT2D eigenvalue weighted by Gasteiger charge is -2.28. The fourth-order valence-corrected chi connectivity index (χ4v) is 5.01. The Morgan fingerprint density at radius 1 is 0.725 bits per heavy atom. The average Bonchev–Trinajstić information content (AvgIpc) is 3.45. The van der Waals surface area contributed by atoms with Crippen molar-refractivity contribution in [3.8, 4) is 23.0 Å². The Hall–Kier alpha value is -3.94. The first-order chi connectivity index (χ1) is 19.3. The molecular formula is C33H39NO6. The second kappa shape index (κ2) is 12.9. The second-order valence-electron chi connectivity index (χ2n) is 10.1. The summed E-state index contributed by atoms with van der Waals surface area (Å²) in [4.78, 5) is 2.31. The largest absolute Gasteiger partial charge is 0.497 e. The van der Waals surface area contributed by atoms with Crippen LogP contribution in [0.4, 0.5) is 0 Å². The van der Waals surface area contributed by atoms with Gasteiger partial charge in [-0.1, -0.05) is 50.2 Å². The van der Waals surface area contributed by atoms with E-state index in [2.05, 4.69) is 18.7 Å². The summed E-state index contributed by atoms with van der Waals surface area (Å²) in [7, 11) is 6.54. The standard InChI is InChI=1S/C33H39NO6/c1-23(2)20-34(21-24-8-7-9-30(38-5)32(24)39-6)22-29-18-19-31(40-29)33(35,25-10-14-27(36-3)15-11-25)26-12-16-28(37-4)17-13-26/h7-19,23,35H,20-22H2,1-6H3. The van der Waals surface area contributed by atoms with E-state index in [0.29, 0.717) is 53.1 Å². The molecule has 0 amide bonds. The highest BCUT2D eigenvalue weighted by Crippen LogP contribution is 2.39. The molecule has 212 valence electrons. The highest BCUT2D eigenvalue weighted by atomic mass is 16.5. The Morgan fingerprint density at radius 2 is 1.32 bits per heavy atom. The van der Waals surface area contributed by atoms with Crippen LogP contribution in [0.5, 0.6) is 23.0 Å². The van der Waals surface area contributed by atoms with Gasteiger partial charge in [0, 0.05) is 18.7 Å². The number of ether oxygens (including phenoxy) is 4. The van der Waals surface area contributed by atoms with Crippen molar-refractivity contribution in [3.63, 3.8) is 0 Å². The number of aliphatic hydroxyl groups is 1. The molecule has 4 rings (SSSR count). The van der Waals surface area contributed by atoms with Crippen LogP contribution < -0.4 is 18.9 Å². The number of benzene rings is 3. The summed E-state index contributed by atoms with van der Waals surface area (Å²) >= 11 is 0. The van der Waals surface area contributed by atoms with Crippen molar-refractivity contribution in [1.29, 1.82) is 0 Å². The van der Waals surface area contributed by atoms with Gasteiger partial charge < -0.3 is 28.5 Å². The number of hydrogen-bond donors (Lipinski definition) is 1. The molecule has 0 aliphatic carbocycles. The third-order valence-electron chi connectivity index (χ3n) is 6.92. The average molecular weight is 546 g/mol. The van der Waals surface area contributed by atoms with Crippen LogP contribution in [-0.2, 0) is 18.7 Å². The molecule has 0 bridgehead atoms. The van der Waals surface area contributed by atoms with Crippen LogP contribution in [0.25, 0.3) is 0 Å². The maximum atomic E-state index is 12.3. The number of nitrogens with zero attached hydrogens (tertiary/aromatic N) is 1. The van der Waals surface area contributed by atoms with Gasteiger partial charge >= 0.3 is 0 Å². The van der Waals surface area contributed by atoms with Gasteiger partial charge in [0.25, 0.3) is 0 Å². The number of methoxy groups -OCH3 is 4. The Labute approximate surface area is 236 Å². The van der Waals surface area contributed by atoms with E-state index in [4.69, 9.17) is 23.4 Å². The molecule has 0 saturated carbocycles. The first-order valence-electron chi connectivity index (χ1n) is 13.3. The molecule has 0 aliphatic rings. The Bertz CT molecular complexity index is 1310. The van der Waals surface area contributed by atoms with Crippen LogP contribution in [-0.4, -0.2) is 45.0 Å². The van der Waals surface area contributed by atoms with Gasteiger partial charge in [-0.05, 0) is 59.5 Å². The van der Waals surface area contributed by atoms with Crippen LogP contribution in [0, 0.1) is 5.92 Å². The zero-order valence-corrected chi connectivity index (χ0v) is 24.1. The molecule has 0 fully saturated rings. The van der Waals surface area contributed by atoms with Gasteiger partial charge in [0.05, 0.1) is 35.0 Å². The van der Waals surface area contributed by atoms with Crippen LogP contribution in [0.2, 0.25) is 0 Å². The summed E-state index contributed by atoms with van der Waals surface area (Å²) in [5.74, 6) is 4.46. The number of furan rings is 1. The Morgan fingerprint density at radius 3 is 1.82 bits per heavy atom. The molecule has 3 aromatic carbocycles. The van der Waals surface area contributed by atoms with Gasteiger partial charge in [-0.2, -0.15) is 0 Å². The highest BCUT2D eigenvalue weighted by molar-refractivity contribution is 5.48. The summed E-state index contributed by atoms with van der Waals surface area (Å²) < 4.78 is 28.3. The zero-order valence-electron chi connectivity index (χ0n) is 24.1. The van der Waals surface area contributed by atoms with Gasteiger partial charge in [0.1, 0.15) is 23.0 Å². The van der Waals surface area contributed by atoms with Crippen LogP contribution in [0.3, 0.4) is 0 Å². The van der Waals surface area contributed by atoms with Gasteiger partial charge in [-0.15, -0.1) is 0 Å². The summed E-state index contributed by atoms with van der Waals surface area (Å²) in [5.41, 5.74) is 0.844. The van der Waals surface area contributed by atoms with E-state index in [0.717, 1.165) is 23.6 Å². The third-order valence-corrected chi connectivity index (χ3v) is 6.92. The Kier molecular flexibility index (Phi) is 9.40. The number of hydrogen-bond acceptors (Lipinski definition) is 7. The first-order valence-corrected chi connectivity index (χ1v) is 13.3. The van der Waals surface area contributed by atoms with Crippen LogP contribution >= 0.6 is 0 Å². The SMILES string of the molecule is COc1ccc(C(O)(c2ccc(OC)cc2)c2ccc(CN(Cc3cccc(OC)c3OC)CC(C)C)o2)cc1. The van der Waals surface area contributed by atoms with Crippen molar-refractivity contribution in [2.45, 2.75) is 32.5 Å². The summed E-state index contributed by atoms with van der Waals surface area (Å²) in [6.07, 6.45) is 0. The van der Waals surface area contributed by atoms with Crippen molar-refractivity contribution in [2.75, 3.05) is 35.0 Å². The van der Waals surface area contributed by atoms with Gasteiger partial charge in [0.2, 0.25) is 0 Å². The van der Waals surface area contributed by atoms with Crippen molar-refractivity contribution < 1.29 is 28.5 Å². The smallest absolute Gasteiger partial charge is 0.173 e. The predicted molar refractivity (Wildman–Crippen MR) is 155 cm³/mol. The van der Waals surface area contributed by atoms with E-state index in [9.17, 15) is 5.11 Å². The molecule has 0 unspecified atom stereocenters. The molecule has 40 heavy (non-hydrogen) atoms. The van der Waals surface area contributed by atoms with Crippen molar-refractivity contribution in [3.05, 3.63) is 107 Å².